The summed E-state index contributed by atoms with van der Waals surface area (Å²) in [5.41, 5.74) is -0.760. The summed E-state index contributed by atoms with van der Waals surface area (Å²) in [6.07, 6.45) is 7.43. The van der Waals surface area contributed by atoms with Crippen LogP contribution < -0.4 is 5.32 Å². The van der Waals surface area contributed by atoms with E-state index in [1.807, 2.05) is 18.7 Å². The van der Waals surface area contributed by atoms with Gasteiger partial charge in [0, 0.05) is 24.4 Å². The van der Waals surface area contributed by atoms with E-state index in [2.05, 4.69) is 11.6 Å². The summed E-state index contributed by atoms with van der Waals surface area (Å²) in [6, 6.07) is 0.148. The molecule has 0 radical (unpaired) electrons. The minimum atomic E-state index is -0.773. The highest BCUT2D eigenvalue weighted by molar-refractivity contribution is 7.99. The number of nitrogens with one attached hydrogen (secondary N) is 1. The lowest BCUT2D eigenvalue weighted by molar-refractivity contribution is -0.152. The molecule has 5 nitrogen and oxygen atoms in total. The van der Waals surface area contributed by atoms with Crippen molar-refractivity contribution < 1.29 is 14.7 Å². The molecule has 2 amide bonds. The molecule has 2 fully saturated rings. The Morgan fingerprint density at radius 2 is 2.14 bits per heavy atom. The summed E-state index contributed by atoms with van der Waals surface area (Å²) in [5, 5.41) is 13.1. The largest absolute Gasteiger partial charge is 0.481 e. The molecule has 0 aromatic heterocycles. The second kappa shape index (κ2) is 6.90. The summed E-state index contributed by atoms with van der Waals surface area (Å²) in [7, 11) is 0. The van der Waals surface area contributed by atoms with Crippen LogP contribution in [0.25, 0.3) is 0 Å². The second-order valence-electron chi connectivity index (χ2n) is 6.23. The Bertz CT molecular complexity index is 404. The fourth-order valence-corrected chi connectivity index (χ4v) is 4.48. The van der Waals surface area contributed by atoms with Gasteiger partial charge in [0.05, 0.1) is 5.41 Å². The zero-order valence-electron chi connectivity index (χ0n) is 12.9. The Morgan fingerprint density at radius 3 is 2.76 bits per heavy atom. The molecular weight excluding hydrogens is 288 g/mol. The number of nitrogens with zero attached hydrogens (tertiary/aromatic N) is 1. The molecule has 0 spiro atoms. The van der Waals surface area contributed by atoms with E-state index in [0.717, 1.165) is 25.7 Å². The van der Waals surface area contributed by atoms with Crippen LogP contribution in [0.5, 0.6) is 0 Å². The quantitative estimate of drug-likeness (QED) is 0.837. The molecule has 6 heteroatoms. The molecule has 0 aromatic carbocycles. The minimum Gasteiger partial charge on any atom is -0.481 e. The number of carboxylic acids is 1. The second-order valence-corrected chi connectivity index (χ2v) is 7.30. The molecule has 0 bridgehead atoms. The molecular formula is C15H26N2O3S. The first kappa shape index (κ1) is 16.5. The van der Waals surface area contributed by atoms with E-state index in [-0.39, 0.29) is 12.1 Å². The number of carboxylic acid groups (broad SMARTS) is 1. The van der Waals surface area contributed by atoms with E-state index in [4.69, 9.17) is 0 Å². The lowest BCUT2D eigenvalue weighted by Crippen LogP contribution is -2.54. The number of carbonyl (C=O) groups excluding carboxylic acids is 1. The van der Waals surface area contributed by atoms with Gasteiger partial charge in [-0.3, -0.25) is 4.79 Å². The van der Waals surface area contributed by atoms with Crippen molar-refractivity contribution in [3.8, 4) is 0 Å². The van der Waals surface area contributed by atoms with Crippen LogP contribution in [0, 0.1) is 5.41 Å². The van der Waals surface area contributed by atoms with Crippen LogP contribution in [0.1, 0.15) is 45.4 Å². The Hall–Kier alpha value is -0.910. The van der Waals surface area contributed by atoms with Crippen molar-refractivity contribution in [2.24, 2.45) is 5.41 Å². The molecule has 2 rings (SSSR count). The van der Waals surface area contributed by atoms with Crippen LogP contribution in [0.2, 0.25) is 0 Å². The van der Waals surface area contributed by atoms with E-state index in [0.29, 0.717) is 31.2 Å². The lowest BCUT2D eigenvalue weighted by atomic mass is 9.78. The Labute approximate surface area is 130 Å². The van der Waals surface area contributed by atoms with Crippen molar-refractivity contribution in [2.75, 3.05) is 19.3 Å². The summed E-state index contributed by atoms with van der Waals surface area (Å²) in [5.74, 6) is -0.773. The topological polar surface area (TPSA) is 69.6 Å². The van der Waals surface area contributed by atoms with Crippen molar-refractivity contribution >= 4 is 23.8 Å². The summed E-state index contributed by atoms with van der Waals surface area (Å²) in [6.45, 7) is 2.90. The highest BCUT2D eigenvalue weighted by atomic mass is 32.2. The zero-order chi connectivity index (χ0) is 15.5. The van der Waals surface area contributed by atoms with Crippen LogP contribution in [0.4, 0.5) is 4.79 Å². The first-order valence-electron chi connectivity index (χ1n) is 7.84. The van der Waals surface area contributed by atoms with Crippen molar-refractivity contribution in [3.05, 3.63) is 0 Å². The highest BCUT2D eigenvalue weighted by Crippen LogP contribution is 2.34. The van der Waals surface area contributed by atoms with Gasteiger partial charge < -0.3 is 15.3 Å². The summed E-state index contributed by atoms with van der Waals surface area (Å²) in [4.78, 5) is 25.7. The maximum absolute atomic E-state index is 12.5. The molecule has 2 N–H and O–H groups in total. The van der Waals surface area contributed by atoms with Crippen molar-refractivity contribution in [2.45, 2.75) is 56.7 Å². The zero-order valence-corrected chi connectivity index (χ0v) is 13.7. The Morgan fingerprint density at radius 1 is 1.38 bits per heavy atom. The van der Waals surface area contributed by atoms with Gasteiger partial charge in [-0.2, -0.15) is 11.8 Å². The SMILES string of the molecule is CCC1(C(=O)O)CCCN(C(=O)NC2CCCC2SC)C1. The van der Waals surface area contributed by atoms with Gasteiger partial charge in [0.1, 0.15) is 0 Å². The van der Waals surface area contributed by atoms with Crippen molar-refractivity contribution in [3.63, 3.8) is 0 Å². The van der Waals surface area contributed by atoms with Crippen LogP contribution in [0.15, 0.2) is 0 Å². The monoisotopic (exact) mass is 314 g/mol. The van der Waals surface area contributed by atoms with Crippen molar-refractivity contribution in [1.82, 2.24) is 10.2 Å². The Balaban J connectivity index is 1.97. The number of aliphatic carboxylic acids is 1. The standard InChI is InChI=1S/C15H26N2O3S/c1-3-15(13(18)19)8-5-9-17(10-15)14(20)16-11-6-4-7-12(11)21-2/h11-12H,3-10H2,1-2H3,(H,16,20)(H,18,19). The Kier molecular flexibility index (Phi) is 5.41. The molecule has 1 heterocycles. The average Bonchev–Trinajstić information content (AvgIpc) is 2.94. The normalized spacial score (nSPS) is 33.0. The highest BCUT2D eigenvalue weighted by Gasteiger charge is 2.42. The fourth-order valence-electron chi connectivity index (χ4n) is 3.54. The van der Waals surface area contributed by atoms with Gasteiger partial charge in [-0.05, 0) is 38.4 Å². The van der Waals surface area contributed by atoms with Gasteiger partial charge in [-0.15, -0.1) is 0 Å². The van der Waals surface area contributed by atoms with Crippen LogP contribution >= 0.6 is 11.8 Å². The summed E-state index contributed by atoms with van der Waals surface area (Å²) < 4.78 is 0. The van der Waals surface area contributed by atoms with Crippen LogP contribution in [-0.4, -0.2) is 52.6 Å². The predicted molar refractivity (Wildman–Crippen MR) is 84.6 cm³/mol. The van der Waals surface area contributed by atoms with Crippen LogP contribution in [-0.2, 0) is 4.79 Å². The average molecular weight is 314 g/mol. The minimum absolute atomic E-state index is 0.0836. The predicted octanol–water partition coefficient (Wildman–Crippen LogP) is 2.56. The third-order valence-corrected chi connectivity index (χ3v) is 6.23. The molecule has 3 atom stereocenters. The van der Waals surface area contributed by atoms with E-state index in [1.54, 1.807) is 4.90 Å². The number of carbonyl (C=O) groups is 2. The van der Waals surface area contributed by atoms with Gasteiger partial charge in [0.2, 0.25) is 0 Å². The lowest BCUT2D eigenvalue weighted by Gasteiger charge is -2.40. The van der Waals surface area contributed by atoms with E-state index in [1.165, 1.54) is 0 Å². The molecule has 1 saturated carbocycles. The number of hydrogen-bond donors (Lipinski definition) is 2. The van der Waals surface area contributed by atoms with Gasteiger partial charge >= 0.3 is 12.0 Å². The van der Waals surface area contributed by atoms with E-state index < -0.39 is 11.4 Å². The van der Waals surface area contributed by atoms with Gasteiger partial charge in [0.15, 0.2) is 0 Å². The number of piperidine rings is 1. The van der Waals surface area contributed by atoms with E-state index in [9.17, 15) is 14.7 Å². The molecule has 120 valence electrons. The molecule has 2 aliphatic rings. The number of urea groups is 1. The number of likely N-dealkylation sites (tertiary alicyclic amines) is 1. The first-order chi connectivity index (χ1) is 10.0. The van der Waals surface area contributed by atoms with Crippen molar-refractivity contribution in [1.29, 1.82) is 0 Å². The van der Waals surface area contributed by atoms with Gasteiger partial charge in [-0.1, -0.05) is 13.3 Å². The molecule has 21 heavy (non-hydrogen) atoms. The van der Waals surface area contributed by atoms with E-state index >= 15 is 0 Å². The number of amides is 2. The number of hydrogen-bond acceptors (Lipinski definition) is 3. The third-order valence-electron chi connectivity index (χ3n) is 5.06. The first-order valence-corrected chi connectivity index (χ1v) is 9.13. The fraction of sp³-hybridized carbons (Fsp3) is 0.867. The molecule has 1 aliphatic carbocycles. The van der Waals surface area contributed by atoms with Gasteiger partial charge in [0.25, 0.3) is 0 Å². The summed E-state index contributed by atoms with van der Waals surface area (Å²) >= 11 is 1.81. The maximum Gasteiger partial charge on any atom is 0.317 e. The molecule has 3 unspecified atom stereocenters. The number of thioether (sulfide) groups is 1. The van der Waals surface area contributed by atoms with Gasteiger partial charge in [-0.25, -0.2) is 4.79 Å². The smallest absolute Gasteiger partial charge is 0.317 e. The molecule has 1 saturated heterocycles. The third kappa shape index (κ3) is 3.47. The molecule has 1 aliphatic heterocycles. The van der Waals surface area contributed by atoms with Crippen LogP contribution in [0.3, 0.4) is 0 Å². The number of rotatable bonds is 4. The molecule has 0 aromatic rings. The maximum atomic E-state index is 12.5.